The van der Waals surface area contributed by atoms with Crippen molar-refractivity contribution in [3.8, 4) is 10.7 Å². The average Bonchev–Trinajstić information content (AvgIpc) is 2.82. The zero-order valence-electron chi connectivity index (χ0n) is 8.00. The van der Waals surface area contributed by atoms with Crippen LogP contribution in [0.2, 0.25) is 5.02 Å². The smallest absolute Gasteiger partial charge is 0.150 e. The van der Waals surface area contributed by atoms with Crippen molar-refractivity contribution < 1.29 is 0 Å². The molecule has 0 aliphatic carbocycles. The number of benzene rings is 1. The van der Waals surface area contributed by atoms with E-state index in [1.807, 2.05) is 29.6 Å². The fourth-order valence-electron chi connectivity index (χ4n) is 1.55. The fourth-order valence-corrected chi connectivity index (χ4v) is 3.00. The highest BCUT2D eigenvalue weighted by Crippen LogP contribution is 2.32. The maximum Gasteiger partial charge on any atom is 0.150 e. The monoisotopic (exact) mass is 312 g/mol. The second-order valence-corrected chi connectivity index (χ2v) is 5.58. The van der Waals surface area contributed by atoms with Crippen LogP contribution in [0.4, 0.5) is 0 Å². The van der Waals surface area contributed by atoms with E-state index in [-0.39, 0.29) is 0 Å². The third kappa shape index (κ3) is 1.67. The Hall–Kier alpha value is -0.840. The van der Waals surface area contributed by atoms with Crippen LogP contribution in [0.25, 0.3) is 21.7 Å². The third-order valence-electron chi connectivity index (χ3n) is 2.28. The number of hydrogen-bond acceptors (Lipinski definition) is 2. The van der Waals surface area contributed by atoms with Crippen LogP contribution >= 0.6 is 38.9 Å². The quantitative estimate of drug-likeness (QED) is 0.692. The molecule has 1 aromatic carbocycles. The first kappa shape index (κ1) is 10.3. The van der Waals surface area contributed by atoms with E-state index in [2.05, 4.69) is 25.9 Å². The number of halogens is 2. The van der Waals surface area contributed by atoms with Gasteiger partial charge in [-0.1, -0.05) is 27.5 Å². The van der Waals surface area contributed by atoms with Crippen LogP contribution in [0.5, 0.6) is 0 Å². The van der Waals surface area contributed by atoms with E-state index in [1.165, 1.54) is 0 Å². The lowest BCUT2D eigenvalue weighted by Gasteiger charge is -1.90. The second kappa shape index (κ2) is 3.87. The predicted octanol–water partition coefficient (Wildman–Crippen LogP) is 4.71. The van der Waals surface area contributed by atoms with Crippen LogP contribution in [0.1, 0.15) is 0 Å². The number of hydrogen-bond donors (Lipinski definition) is 1. The Morgan fingerprint density at radius 2 is 2.19 bits per heavy atom. The first-order valence-electron chi connectivity index (χ1n) is 4.63. The number of nitrogens with zero attached hydrogens (tertiary/aromatic N) is 1. The molecule has 0 saturated carbocycles. The summed E-state index contributed by atoms with van der Waals surface area (Å²) in [5.41, 5.74) is 1.96. The Kier molecular flexibility index (Phi) is 2.50. The Labute approximate surface area is 109 Å². The number of H-pyrrole nitrogens is 1. The van der Waals surface area contributed by atoms with E-state index in [0.717, 1.165) is 31.2 Å². The minimum Gasteiger partial charge on any atom is -0.337 e. The molecule has 1 N–H and O–H groups in total. The van der Waals surface area contributed by atoms with E-state index in [4.69, 9.17) is 11.6 Å². The Morgan fingerprint density at radius 3 is 2.94 bits per heavy atom. The molecule has 2 aromatic heterocycles. The molecule has 0 bridgehead atoms. The van der Waals surface area contributed by atoms with Crippen molar-refractivity contribution in [3.05, 3.63) is 39.1 Å². The highest BCUT2D eigenvalue weighted by Gasteiger charge is 2.10. The maximum atomic E-state index is 6.07. The van der Waals surface area contributed by atoms with E-state index in [9.17, 15) is 0 Å². The second-order valence-electron chi connectivity index (χ2n) is 3.34. The summed E-state index contributed by atoms with van der Waals surface area (Å²) in [6.45, 7) is 0. The van der Waals surface area contributed by atoms with Gasteiger partial charge in [0.05, 0.1) is 20.9 Å². The fraction of sp³-hybridized carbons (Fsp3) is 0. The first-order chi connectivity index (χ1) is 7.74. The van der Waals surface area contributed by atoms with Gasteiger partial charge < -0.3 is 4.98 Å². The summed E-state index contributed by atoms with van der Waals surface area (Å²) in [6, 6.07) is 7.84. The number of imidazole rings is 1. The molecule has 0 spiro atoms. The lowest BCUT2D eigenvalue weighted by atomic mass is 10.3. The molecule has 3 aromatic rings. The molecule has 5 heteroatoms. The number of rotatable bonds is 1. The maximum absolute atomic E-state index is 6.07. The molecule has 0 radical (unpaired) electrons. The standard InChI is InChI=1S/C11H6BrClN2S/c12-6-1-2-8-9(5-6)15-11(14-8)10-7(13)3-4-16-10/h1-5H,(H,14,15). The van der Waals surface area contributed by atoms with Crippen LogP contribution in [-0.2, 0) is 0 Å². The van der Waals surface area contributed by atoms with Gasteiger partial charge in [-0.2, -0.15) is 0 Å². The van der Waals surface area contributed by atoms with E-state index in [1.54, 1.807) is 11.3 Å². The van der Waals surface area contributed by atoms with Gasteiger partial charge in [0.1, 0.15) is 5.82 Å². The molecule has 2 heterocycles. The molecular formula is C11H6BrClN2S. The topological polar surface area (TPSA) is 28.7 Å². The summed E-state index contributed by atoms with van der Waals surface area (Å²) in [5, 5.41) is 2.70. The molecule has 16 heavy (non-hydrogen) atoms. The molecule has 2 nitrogen and oxygen atoms in total. The van der Waals surface area contributed by atoms with Crippen LogP contribution in [-0.4, -0.2) is 9.97 Å². The number of thiophene rings is 1. The Bertz CT molecular complexity index is 659. The summed E-state index contributed by atoms with van der Waals surface area (Å²) < 4.78 is 1.03. The molecule has 0 saturated heterocycles. The number of nitrogens with one attached hydrogen (secondary N) is 1. The van der Waals surface area contributed by atoms with Gasteiger partial charge in [-0.15, -0.1) is 11.3 Å². The van der Waals surface area contributed by atoms with Gasteiger partial charge in [0.25, 0.3) is 0 Å². The van der Waals surface area contributed by atoms with Crippen LogP contribution in [0.15, 0.2) is 34.1 Å². The van der Waals surface area contributed by atoms with Gasteiger partial charge in [0.15, 0.2) is 0 Å². The van der Waals surface area contributed by atoms with Crippen molar-refractivity contribution in [3.63, 3.8) is 0 Å². The van der Waals surface area contributed by atoms with E-state index in [0.29, 0.717) is 0 Å². The highest BCUT2D eigenvalue weighted by molar-refractivity contribution is 9.10. The molecule has 0 aliphatic rings. The van der Waals surface area contributed by atoms with Crippen LogP contribution in [0.3, 0.4) is 0 Å². The minimum absolute atomic E-state index is 0.739. The van der Waals surface area contributed by atoms with Gasteiger partial charge in [0, 0.05) is 4.47 Å². The van der Waals surface area contributed by atoms with Gasteiger partial charge in [0.2, 0.25) is 0 Å². The van der Waals surface area contributed by atoms with Gasteiger partial charge in [-0.3, -0.25) is 0 Å². The molecular weight excluding hydrogens is 308 g/mol. The SMILES string of the molecule is Clc1ccsc1-c1nc2ccc(Br)cc2[nH]1. The summed E-state index contributed by atoms with van der Waals surface area (Å²) in [6.07, 6.45) is 0. The summed E-state index contributed by atoms with van der Waals surface area (Å²) in [4.78, 5) is 8.75. The predicted molar refractivity (Wildman–Crippen MR) is 72.1 cm³/mol. The number of aromatic amines is 1. The number of fused-ring (bicyclic) bond motifs is 1. The lowest BCUT2D eigenvalue weighted by Crippen LogP contribution is -1.74. The van der Waals surface area contributed by atoms with Crippen LogP contribution in [0, 0.1) is 0 Å². The number of aromatic nitrogens is 2. The summed E-state index contributed by atoms with van der Waals surface area (Å²) in [5.74, 6) is 0.827. The van der Waals surface area contributed by atoms with Gasteiger partial charge in [-0.25, -0.2) is 4.98 Å². The van der Waals surface area contributed by atoms with Crippen molar-refractivity contribution in [1.29, 1.82) is 0 Å². The Balaban J connectivity index is 2.23. The van der Waals surface area contributed by atoms with Crippen LogP contribution < -0.4 is 0 Å². The van der Waals surface area contributed by atoms with Crippen molar-refractivity contribution in [1.82, 2.24) is 9.97 Å². The summed E-state index contributed by atoms with van der Waals surface area (Å²) in [7, 11) is 0. The molecule has 80 valence electrons. The van der Waals surface area contributed by atoms with Crippen molar-refractivity contribution in [2.24, 2.45) is 0 Å². The molecule has 0 atom stereocenters. The third-order valence-corrected chi connectivity index (χ3v) is 4.12. The van der Waals surface area contributed by atoms with E-state index >= 15 is 0 Å². The molecule has 0 amide bonds. The zero-order valence-corrected chi connectivity index (χ0v) is 11.2. The summed E-state index contributed by atoms with van der Waals surface area (Å²) >= 11 is 11.1. The zero-order chi connectivity index (χ0) is 11.1. The molecule has 0 fully saturated rings. The Morgan fingerprint density at radius 1 is 1.31 bits per heavy atom. The van der Waals surface area contributed by atoms with Crippen molar-refractivity contribution >= 4 is 49.9 Å². The molecule has 0 aliphatic heterocycles. The first-order valence-corrected chi connectivity index (χ1v) is 6.68. The van der Waals surface area contributed by atoms with Crippen molar-refractivity contribution in [2.75, 3.05) is 0 Å². The normalized spacial score (nSPS) is 11.1. The van der Waals surface area contributed by atoms with E-state index < -0.39 is 0 Å². The lowest BCUT2D eigenvalue weighted by molar-refractivity contribution is 1.36. The minimum atomic E-state index is 0.739. The van der Waals surface area contributed by atoms with Gasteiger partial charge >= 0.3 is 0 Å². The average molecular weight is 314 g/mol. The molecule has 3 rings (SSSR count). The molecule has 0 unspecified atom stereocenters. The van der Waals surface area contributed by atoms with Gasteiger partial charge in [-0.05, 0) is 29.6 Å². The largest absolute Gasteiger partial charge is 0.337 e. The highest BCUT2D eigenvalue weighted by atomic mass is 79.9. The van der Waals surface area contributed by atoms with Crippen molar-refractivity contribution in [2.45, 2.75) is 0 Å².